The van der Waals surface area contributed by atoms with Gasteiger partial charge in [-0.2, -0.15) is 0 Å². The molecule has 3 rings (SSSR count). The molecule has 124 valence electrons. The van der Waals surface area contributed by atoms with Crippen molar-refractivity contribution in [3.8, 4) is 0 Å². The molecule has 0 radical (unpaired) electrons. The molecule has 1 saturated heterocycles. The van der Waals surface area contributed by atoms with Gasteiger partial charge in [-0.05, 0) is 50.6 Å². The Labute approximate surface area is 136 Å². The summed E-state index contributed by atoms with van der Waals surface area (Å²) >= 11 is 0. The fourth-order valence-electron chi connectivity index (χ4n) is 3.28. The molecule has 2 fully saturated rings. The molecule has 1 aromatic rings. The normalized spacial score (nSPS) is 25.7. The molecule has 0 spiro atoms. The number of carbonyl (C=O) groups excluding carboxylic acids is 2. The van der Waals surface area contributed by atoms with E-state index in [1.54, 1.807) is 17.0 Å². The van der Waals surface area contributed by atoms with Gasteiger partial charge in [0.25, 0.3) is 5.91 Å². The summed E-state index contributed by atoms with van der Waals surface area (Å²) in [5.41, 5.74) is 7.44. The quantitative estimate of drug-likeness (QED) is 0.855. The molecular weight excluding hydrogens is 292 g/mol. The van der Waals surface area contributed by atoms with E-state index in [4.69, 9.17) is 5.73 Å². The van der Waals surface area contributed by atoms with Crippen LogP contribution in [0.1, 0.15) is 29.6 Å². The number of rotatable bonds is 3. The zero-order valence-electron chi connectivity index (χ0n) is 13.5. The van der Waals surface area contributed by atoms with Gasteiger partial charge in [-0.15, -0.1) is 0 Å². The molecule has 1 aromatic carbocycles. The average Bonchev–Trinajstić information content (AvgIpc) is 2.93. The van der Waals surface area contributed by atoms with E-state index in [1.807, 2.05) is 24.1 Å². The number of benzene rings is 1. The van der Waals surface area contributed by atoms with Crippen LogP contribution in [0.3, 0.4) is 0 Å². The molecule has 2 unspecified atom stereocenters. The van der Waals surface area contributed by atoms with Gasteiger partial charge < -0.3 is 16.0 Å². The first-order valence-electron chi connectivity index (χ1n) is 8.20. The number of anilines is 1. The predicted molar refractivity (Wildman–Crippen MR) is 89.4 cm³/mol. The van der Waals surface area contributed by atoms with E-state index in [0.29, 0.717) is 18.7 Å². The molecule has 0 aromatic heterocycles. The third-order valence-corrected chi connectivity index (χ3v) is 4.74. The van der Waals surface area contributed by atoms with Crippen molar-refractivity contribution < 1.29 is 9.59 Å². The van der Waals surface area contributed by atoms with Gasteiger partial charge in [0.1, 0.15) is 0 Å². The first-order valence-corrected chi connectivity index (χ1v) is 8.20. The van der Waals surface area contributed by atoms with E-state index in [0.717, 1.165) is 31.5 Å². The molecule has 23 heavy (non-hydrogen) atoms. The van der Waals surface area contributed by atoms with Crippen LogP contribution in [0.5, 0.6) is 0 Å². The minimum atomic E-state index is -0.0939. The lowest BCUT2D eigenvalue weighted by atomic mass is 10.1. The van der Waals surface area contributed by atoms with E-state index in [1.165, 1.54) is 0 Å². The molecule has 1 saturated carbocycles. The zero-order valence-corrected chi connectivity index (χ0v) is 13.5. The van der Waals surface area contributed by atoms with Gasteiger partial charge in [-0.3, -0.25) is 14.5 Å². The van der Waals surface area contributed by atoms with Gasteiger partial charge in [-0.1, -0.05) is 0 Å². The van der Waals surface area contributed by atoms with Gasteiger partial charge in [0.15, 0.2) is 0 Å². The van der Waals surface area contributed by atoms with E-state index in [-0.39, 0.29) is 23.9 Å². The highest BCUT2D eigenvalue weighted by Gasteiger charge is 2.26. The third kappa shape index (κ3) is 3.54. The molecule has 1 aliphatic heterocycles. The van der Waals surface area contributed by atoms with Gasteiger partial charge in [0, 0.05) is 36.4 Å². The summed E-state index contributed by atoms with van der Waals surface area (Å²) in [6.45, 7) is 1.97. The Morgan fingerprint density at radius 2 is 1.96 bits per heavy atom. The maximum atomic E-state index is 12.3. The Morgan fingerprint density at radius 3 is 2.57 bits per heavy atom. The number of likely N-dealkylation sites (N-methyl/N-ethyl adjacent to an activating group) is 1. The Morgan fingerprint density at radius 1 is 1.22 bits per heavy atom. The number of piperazine rings is 1. The molecule has 2 amide bonds. The summed E-state index contributed by atoms with van der Waals surface area (Å²) < 4.78 is 0. The van der Waals surface area contributed by atoms with Gasteiger partial charge in [0.05, 0.1) is 6.54 Å². The third-order valence-electron chi connectivity index (χ3n) is 4.74. The Balaban J connectivity index is 1.64. The number of hydrogen-bond donors (Lipinski definition) is 2. The second-order valence-corrected chi connectivity index (χ2v) is 6.50. The Kier molecular flexibility index (Phi) is 4.63. The maximum Gasteiger partial charge on any atom is 0.251 e. The molecule has 2 atom stereocenters. The van der Waals surface area contributed by atoms with Gasteiger partial charge in [0.2, 0.25) is 5.91 Å². The molecule has 1 aliphatic carbocycles. The van der Waals surface area contributed by atoms with Crippen LogP contribution < -0.4 is 16.0 Å². The highest BCUT2D eigenvalue weighted by atomic mass is 16.2. The number of nitrogens with two attached hydrogens (primary N) is 1. The number of hydrogen-bond acceptors (Lipinski definition) is 4. The van der Waals surface area contributed by atoms with E-state index >= 15 is 0 Å². The standard InChI is InChI=1S/C17H24N4O2/c1-20-9-10-21(16(22)11-20)13-7-5-12(6-8-13)17(23)19-15-4-2-3-14(15)18/h5-8,14-15H,2-4,9-11,18H2,1H3,(H,19,23). The molecule has 0 bridgehead atoms. The number of nitrogens with one attached hydrogen (secondary N) is 1. The molecule has 1 heterocycles. The van der Waals surface area contributed by atoms with Crippen LogP contribution >= 0.6 is 0 Å². The topological polar surface area (TPSA) is 78.7 Å². The first-order chi connectivity index (χ1) is 11.0. The number of amides is 2. The highest BCUT2D eigenvalue weighted by Crippen LogP contribution is 2.20. The molecule has 2 aliphatic rings. The van der Waals surface area contributed by atoms with Crippen molar-refractivity contribution in [2.24, 2.45) is 5.73 Å². The Hall–Kier alpha value is -1.92. The maximum absolute atomic E-state index is 12.3. The van der Waals surface area contributed by atoms with Crippen LogP contribution in [0, 0.1) is 0 Å². The Bertz CT molecular complexity index is 587. The number of nitrogens with zero attached hydrogens (tertiary/aromatic N) is 2. The van der Waals surface area contributed by atoms with Crippen LogP contribution in [0.15, 0.2) is 24.3 Å². The van der Waals surface area contributed by atoms with Crippen molar-refractivity contribution in [3.05, 3.63) is 29.8 Å². The van der Waals surface area contributed by atoms with Crippen molar-refractivity contribution in [3.63, 3.8) is 0 Å². The summed E-state index contributed by atoms with van der Waals surface area (Å²) in [4.78, 5) is 28.1. The lowest BCUT2D eigenvalue weighted by molar-refractivity contribution is -0.120. The van der Waals surface area contributed by atoms with Crippen molar-refractivity contribution in [2.45, 2.75) is 31.3 Å². The van der Waals surface area contributed by atoms with E-state index in [2.05, 4.69) is 5.32 Å². The van der Waals surface area contributed by atoms with Crippen LogP contribution in [0.2, 0.25) is 0 Å². The van der Waals surface area contributed by atoms with Gasteiger partial charge >= 0.3 is 0 Å². The monoisotopic (exact) mass is 316 g/mol. The van der Waals surface area contributed by atoms with Crippen molar-refractivity contribution >= 4 is 17.5 Å². The average molecular weight is 316 g/mol. The summed E-state index contributed by atoms with van der Waals surface area (Å²) in [6.07, 6.45) is 2.98. The summed E-state index contributed by atoms with van der Waals surface area (Å²) in [5, 5.41) is 3.01. The minimum absolute atomic E-state index is 0.0567. The van der Waals surface area contributed by atoms with Crippen LogP contribution in [-0.4, -0.2) is 55.5 Å². The first kappa shape index (κ1) is 16.0. The molecule has 6 heteroatoms. The summed E-state index contributed by atoms with van der Waals surface area (Å²) in [5.74, 6) is -0.00325. The summed E-state index contributed by atoms with van der Waals surface area (Å²) in [6, 6.07) is 7.36. The number of carbonyl (C=O) groups is 2. The molecule has 6 nitrogen and oxygen atoms in total. The van der Waals surface area contributed by atoms with Crippen molar-refractivity contribution in [2.75, 3.05) is 31.6 Å². The van der Waals surface area contributed by atoms with Crippen LogP contribution in [0.25, 0.3) is 0 Å². The lowest BCUT2D eigenvalue weighted by Gasteiger charge is -2.32. The smallest absolute Gasteiger partial charge is 0.251 e. The van der Waals surface area contributed by atoms with E-state index < -0.39 is 0 Å². The second-order valence-electron chi connectivity index (χ2n) is 6.50. The van der Waals surface area contributed by atoms with Crippen LogP contribution in [-0.2, 0) is 4.79 Å². The fourth-order valence-corrected chi connectivity index (χ4v) is 3.28. The highest BCUT2D eigenvalue weighted by molar-refractivity contribution is 5.97. The zero-order chi connectivity index (χ0) is 16.4. The predicted octanol–water partition coefficient (Wildman–Crippen LogP) is 0.575. The minimum Gasteiger partial charge on any atom is -0.348 e. The molecular formula is C17H24N4O2. The lowest BCUT2D eigenvalue weighted by Crippen LogP contribution is -2.48. The van der Waals surface area contributed by atoms with E-state index in [9.17, 15) is 9.59 Å². The second kappa shape index (κ2) is 6.68. The molecule has 3 N–H and O–H groups in total. The van der Waals surface area contributed by atoms with Crippen molar-refractivity contribution in [1.82, 2.24) is 10.2 Å². The SMILES string of the molecule is CN1CCN(c2ccc(C(=O)NC3CCCC3N)cc2)C(=O)C1. The van der Waals surface area contributed by atoms with Crippen LogP contribution in [0.4, 0.5) is 5.69 Å². The van der Waals surface area contributed by atoms with Crippen molar-refractivity contribution in [1.29, 1.82) is 0 Å². The van der Waals surface area contributed by atoms with Gasteiger partial charge in [-0.25, -0.2) is 0 Å². The largest absolute Gasteiger partial charge is 0.348 e. The fraction of sp³-hybridized carbons (Fsp3) is 0.529. The summed E-state index contributed by atoms with van der Waals surface area (Å²) in [7, 11) is 1.94.